The van der Waals surface area contributed by atoms with Gasteiger partial charge in [-0.05, 0) is 47.0 Å². The Kier molecular flexibility index (Phi) is 3.87. The number of halogens is 2. The molecule has 1 aliphatic carbocycles. The van der Waals surface area contributed by atoms with Crippen molar-refractivity contribution in [3.63, 3.8) is 0 Å². The molecule has 0 radical (unpaired) electrons. The normalized spacial score (nSPS) is 24.8. The van der Waals surface area contributed by atoms with Gasteiger partial charge in [0.2, 0.25) is 0 Å². The molecule has 1 aliphatic heterocycles. The Morgan fingerprint density at radius 3 is 2.95 bits per heavy atom. The highest BCUT2D eigenvalue weighted by Crippen LogP contribution is 2.25. The molecule has 0 spiro atoms. The van der Waals surface area contributed by atoms with E-state index in [1.807, 2.05) is 0 Å². The summed E-state index contributed by atoms with van der Waals surface area (Å²) in [5.74, 6) is 0.395. The van der Waals surface area contributed by atoms with Gasteiger partial charge in [0.05, 0.1) is 16.9 Å². The average Bonchev–Trinajstić information content (AvgIpc) is 2.83. The molecule has 1 N–H and O–H groups in total. The van der Waals surface area contributed by atoms with Crippen molar-refractivity contribution >= 4 is 27.5 Å². The van der Waals surface area contributed by atoms with Crippen LogP contribution in [0.2, 0.25) is 0 Å². The highest BCUT2D eigenvalue weighted by Gasteiger charge is 2.31. The van der Waals surface area contributed by atoms with E-state index < -0.39 is 0 Å². The van der Waals surface area contributed by atoms with Gasteiger partial charge in [-0.2, -0.15) is 0 Å². The number of benzene rings is 1. The molecule has 2 atom stereocenters. The zero-order valence-electron chi connectivity index (χ0n) is 11.0. The zero-order valence-corrected chi connectivity index (χ0v) is 12.6. The van der Waals surface area contributed by atoms with Crippen LogP contribution in [0.4, 0.5) is 4.39 Å². The van der Waals surface area contributed by atoms with Gasteiger partial charge in [-0.1, -0.05) is 12.8 Å². The maximum absolute atomic E-state index is 13.2. The summed E-state index contributed by atoms with van der Waals surface area (Å²) in [6.07, 6.45) is 4.96. The molecule has 0 bridgehead atoms. The van der Waals surface area contributed by atoms with Crippen molar-refractivity contribution in [3.05, 3.63) is 34.1 Å². The van der Waals surface area contributed by atoms with Gasteiger partial charge in [-0.3, -0.25) is 9.79 Å². The number of carbonyl (C=O) groups is 1. The van der Waals surface area contributed by atoms with E-state index in [9.17, 15) is 9.18 Å². The van der Waals surface area contributed by atoms with Crippen LogP contribution >= 0.6 is 15.9 Å². The number of hydrogen-bond acceptors (Lipinski definition) is 3. The molecule has 5 heteroatoms. The number of nitrogens with zero attached hydrogens (tertiary/aromatic N) is 1. The minimum absolute atomic E-state index is 0.0319. The number of aliphatic imine (C=N–C) groups is 1. The number of ketones is 1. The molecular weight excluding hydrogens is 323 g/mol. The van der Waals surface area contributed by atoms with E-state index in [0.29, 0.717) is 22.1 Å². The first-order valence-corrected chi connectivity index (χ1v) is 7.74. The molecule has 0 unspecified atom stereocenters. The molecule has 20 heavy (non-hydrogen) atoms. The maximum atomic E-state index is 13.2. The van der Waals surface area contributed by atoms with E-state index >= 15 is 0 Å². The lowest BCUT2D eigenvalue weighted by Gasteiger charge is -2.23. The van der Waals surface area contributed by atoms with E-state index in [4.69, 9.17) is 0 Å². The van der Waals surface area contributed by atoms with Crippen LogP contribution in [-0.2, 0) is 0 Å². The van der Waals surface area contributed by atoms with Gasteiger partial charge in [0.1, 0.15) is 11.7 Å². The standard InChI is InChI=1S/C15H16BrFN2O/c16-10-7-9(5-6-11(10)17)14(20)8-15-18-12-3-1-2-4-13(12)19-15/h5-7,12-13H,1-4,8H2,(H,18,19)/t12-,13+. The molecule has 0 amide bonds. The fourth-order valence-corrected chi connectivity index (χ4v) is 3.28. The molecule has 0 saturated heterocycles. The molecule has 2 aliphatic rings. The van der Waals surface area contributed by atoms with Gasteiger partial charge in [-0.15, -0.1) is 0 Å². The number of nitrogens with one attached hydrogen (secondary N) is 1. The number of Topliss-reactive ketones (excluding diaryl/α,β-unsaturated/α-hetero) is 1. The van der Waals surface area contributed by atoms with Crippen molar-refractivity contribution in [1.82, 2.24) is 5.32 Å². The zero-order chi connectivity index (χ0) is 14.1. The quantitative estimate of drug-likeness (QED) is 0.857. The van der Waals surface area contributed by atoms with Crippen LogP contribution in [0.5, 0.6) is 0 Å². The molecule has 0 aromatic heterocycles. The van der Waals surface area contributed by atoms with E-state index in [1.165, 1.54) is 31.0 Å². The fraction of sp³-hybridized carbons (Fsp3) is 0.467. The predicted molar refractivity (Wildman–Crippen MR) is 79.7 cm³/mol. The fourth-order valence-electron chi connectivity index (χ4n) is 2.91. The Morgan fingerprint density at radius 1 is 1.40 bits per heavy atom. The Bertz CT molecular complexity index is 573. The summed E-state index contributed by atoms with van der Waals surface area (Å²) in [5, 5.41) is 3.36. The van der Waals surface area contributed by atoms with Crippen LogP contribution in [0, 0.1) is 5.82 Å². The lowest BCUT2D eigenvalue weighted by Crippen LogP contribution is -2.37. The maximum Gasteiger partial charge on any atom is 0.170 e. The lowest BCUT2D eigenvalue weighted by molar-refractivity contribution is 0.1000. The van der Waals surface area contributed by atoms with E-state index in [1.54, 1.807) is 0 Å². The number of amidine groups is 1. The molecule has 1 aromatic carbocycles. The van der Waals surface area contributed by atoms with Gasteiger partial charge < -0.3 is 5.32 Å². The second-order valence-corrected chi connectivity index (χ2v) is 6.26. The molecule has 1 fully saturated rings. The molecule has 1 saturated carbocycles. The Hall–Kier alpha value is -1.23. The predicted octanol–water partition coefficient (Wildman–Crippen LogP) is 3.47. The van der Waals surface area contributed by atoms with Crippen LogP contribution < -0.4 is 5.32 Å². The third kappa shape index (κ3) is 2.77. The first-order chi connectivity index (χ1) is 9.63. The van der Waals surface area contributed by atoms with Crippen molar-refractivity contribution in [2.24, 2.45) is 4.99 Å². The Labute approximate surface area is 125 Å². The van der Waals surface area contributed by atoms with Crippen molar-refractivity contribution in [1.29, 1.82) is 0 Å². The van der Waals surface area contributed by atoms with E-state index in [0.717, 1.165) is 18.7 Å². The number of rotatable bonds is 3. The van der Waals surface area contributed by atoms with Gasteiger partial charge in [0, 0.05) is 11.6 Å². The van der Waals surface area contributed by atoms with Crippen molar-refractivity contribution in [3.8, 4) is 0 Å². The summed E-state index contributed by atoms with van der Waals surface area (Å²) in [7, 11) is 0. The smallest absolute Gasteiger partial charge is 0.170 e. The molecular formula is C15H16BrFN2O. The highest BCUT2D eigenvalue weighted by atomic mass is 79.9. The molecule has 3 nitrogen and oxygen atoms in total. The molecule has 1 heterocycles. The van der Waals surface area contributed by atoms with Crippen LogP contribution in [0.1, 0.15) is 42.5 Å². The van der Waals surface area contributed by atoms with Crippen molar-refractivity contribution in [2.45, 2.75) is 44.2 Å². The largest absolute Gasteiger partial charge is 0.369 e. The monoisotopic (exact) mass is 338 g/mol. The average molecular weight is 339 g/mol. The minimum atomic E-state index is -0.357. The number of hydrogen-bond donors (Lipinski definition) is 1. The second kappa shape index (κ2) is 5.64. The van der Waals surface area contributed by atoms with Crippen molar-refractivity contribution < 1.29 is 9.18 Å². The minimum Gasteiger partial charge on any atom is -0.369 e. The number of fused-ring (bicyclic) bond motifs is 1. The first-order valence-electron chi connectivity index (χ1n) is 6.95. The number of carbonyl (C=O) groups excluding carboxylic acids is 1. The van der Waals surface area contributed by atoms with Gasteiger partial charge >= 0.3 is 0 Å². The van der Waals surface area contributed by atoms with Crippen LogP contribution in [0.25, 0.3) is 0 Å². The second-order valence-electron chi connectivity index (χ2n) is 5.41. The Balaban J connectivity index is 1.68. The summed E-state index contributed by atoms with van der Waals surface area (Å²) < 4.78 is 13.5. The lowest BCUT2D eigenvalue weighted by atomic mass is 9.92. The summed E-state index contributed by atoms with van der Waals surface area (Å²) in [6.45, 7) is 0. The highest BCUT2D eigenvalue weighted by molar-refractivity contribution is 9.10. The summed E-state index contributed by atoms with van der Waals surface area (Å²) in [4.78, 5) is 16.8. The first kappa shape index (κ1) is 13.7. The molecule has 106 valence electrons. The Morgan fingerprint density at radius 2 is 2.20 bits per heavy atom. The topological polar surface area (TPSA) is 41.5 Å². The third-order valence-electron chi connectivity index (χ3n) is 3.97. The molecule has 3 rings (SSSR count). The van der Waals surface area contributed by atoms with Gasteiger partial charge in [-0.25, -0.2) is 4.39 Å². The third-order valence-corrected chi connectivity index (χ3v) is 4.58. The van der Waals surface area contributed by atoms with Crippen LogP contribution in [-0.4, -0.2) is 23.7 Å². The van der Waals surface area contributed by atoms with E-state index in [2.05, 4.69) is 26.2 Å². The summed E-state index contributed by atoms with van der Waals surface area (Å²) in [6, 6.07) is 5.10. The van der Waals surface area contributed by atoms with Crippen LogP contribution in [0.15, 0.2) is 27.7 Å². The molecule has 1 aromatic rings. The SMILES string of the molecule is O=C(CC1=N[C@@H]2CCCC[C@@H]2N1)c1ccc(F)c(Br)c1. The van der Waals surface area contributed by atoms with Crippen LogP contribution in [0.3, 0.4) is 0 Å². The summed E-state index contributed by atoms with van der Waals surface area (Å²) >= 11 is 3.10. The van der Waals surface area contributed by atoms with Gasteiger partial charge in [0.15, 0.2) is 5.78 Å². The van der Waals surface area contributed by atoms with E-state index in [-0.39, 0.29) is 18.0 Å². The van der Waals surface area contributed by atoms with Crippen molar-refractivity contribution in [2.75, 3.05) is 0 Å². The summed E-state index contributed by atoms with van der Waals surface area (Å²) in [5.41, 5.74) is 0.512. The van der Waals surface area contributed by atoms with Gasteiger partial charge in [0.25, 0.3) is 0 Å².